The Balaban J connectivity index is 0.824. The molecule has 0 N–H and O–H groups in total. The molecule has 454 valence electrons. The fourth-order valence-electron chi connectivity index (χ4n) is 16.1. The van der Waals surface area contributed by atoms with Gasteiger partial charge in [0.25, 0.3) is 0 Å². The number of furan rings is 2. The lowest BCUT2D eigenvalue weighted by atomic mass is 9.82. The van der Waals surface area contributed by atoms with Crippen LogP contribution < -0.4 is 0 Å². The zero-order valence-electron chi connectivity index (χ0n) is 53.3. The van der Waals surface area contributed by atoms with Crippen LogP contribution in [0, 0.1) is 0 Å². The lowest BCUT2D eigenvalue weighted by Gasteiger charge is -2.21. The average molecular weight is 1240 g/mol. The van der Waals surface area contributed by atoms with Gasteiger partial charge in [-0.2, -0.15) is 0 Å². The zero-order chi connectivity index (χ0) is 64.4. The van der Waals surface area contributed by atoms with E-state index >= 15 is 0 Å². The van der Waals surface area contributed by atoms with Crippen LogP contribution in [-0.4, -0.2) is 0 Å². The van der Waals surface area contributed by atoms with Crippen molar-refractivity contribution in [3.63, 3.8) is 0 Å². The Kier molecular flexibility index (Phi) is 12.7. The molecule has 0 fully saturated rings. The molecule has 20 rings (SSSR count). The Morgan fingerprint density at radius 2 is 0.449 bits per heavy atom. The van der Waals surface area contributed by atoms with E-state index < -0.39 is 0 Å². The van der Waals surface area contributed by atoms with Crippen LogP contribution in [0.5, 0.6) is 0 Å². The standard InChI is InChI=1S/C96H58O2/c1-3-20-59(21-4-1)61-24-15-26-63(52-61)64-42-47-72-68(54-64)28-17-38-79(72)95-83-33-9-7-31-81(83)93(69-45-48-77-75-29-11-13-40-89(75)97-91(77)57-69)87-55-65(43-50-85(87)95)66-44-51-86-88(56-66)94(70-46-49-78-76-30-12-14-41-90(76)98-92(78)58-70)82-32-8-10-34-84(82)96(86)80-39-19-36-73-71(35-18-37-74(73)80)67-27-16-25-62(53-67)60-22-5-2-6-23-60/h1-58H. The number of fused-ring (bicyclic) bond motifs is 12. The summed E-state index contributed by atoms with van der Waals surface area (Å²) < 4.78 is 13.4. The van der Waals surface area contributed by atoms with Gasteiger partial charge in [0.05, 0.1) is 0 Å². The topological polar surface area (TPSA) is 26.3 Å². The molecule has 0 spiro atoms. The molecule has 0 saturated carbocycles. The molecular weight excluding hydrogens is 1190 g/mol. The summed E-state index contributed by atoms with van der Waals surface area (Å²) in [7, 11) is 0. The van der Waals surface area contributed by atoms with Crippen LogP contribution in [0.4, 0.5) is 0 Å². The molecule has 0 amide bonds. The minimum Gasteiger partial charge on any atom is -0.456 e. The first-order valence-electron chi connectivity index (χ1n) is 33.8. The highest BCUT2D eigenvalue weighted by Gasteiger charge is 2.24. The minimum atomic E-state index is 0.866. The Bertz CT molecular complexity index is 6660. The van der Waals surface area contributed by atoms with E-state index in [-0.39, 0.29) is 0 Å². The Labute approximate surface area is 565 Å². The van der Waals surface area contributed by atoms with Crippen molar-refractivity contribution < 1.29 is 8.83 Å². The molecule has 18 aromatic carbocycles. The number of benzene rings is 18. The third-order valence-electron chi connectivity index (χ3n) is 20.6. The van der Waals surface area contributed by atoms with Crippen LogP contribution in [0.1, 0.15) is 0 Å². The van der Waals surface area contributed by atoms with Crippen LogP contribution >= 0.6 is 0 Å². The third kappa shape index (κ3) is 8.96. The number of hydrogen-bond donors (Lipinski definition) is 0. The van der Waals surface area contributed by atoms with Crippen LogP contribution in [-0.2, 0) is 0 Å². The summed E-state index contributed by atoms with van der Waals surface area (Å²) in [5.41, 5.74) is 24.6. The Morgan fingerprint density at radius 1 is 0.133 bits per heavy atom. The van der Waals surface area contributed by atoms with Gasteiger partial charge in [0.1, 0.15) is 22.3 Å². The van der Waals surface area contributed by atoms with Crippen molar-refractivity contribution in [1.29, 1.82) is 0 Å². The van der Waals surface area contributed by atoms with Crippen molar-refractivity contribution in [3.8, 4) is 100 Å². The Hall–Kier alpha value is -12.9. The molecular formula is C96H58O2. The van der Waals surface area contributed by atoms with E-state index in [1.807, 2.05) is 0 Å². The number of para-hydroxylation sites is 2. The third-order valence-corrected chi connectivity index (χ3v) is 20.6. The first-order chi connectivity index (χ1) is 48.6. The van der Waals surface area contributed by atoms with Gasteiger partial charge >= 0.3 is 0 Å². The van der Waals surface area contributed by atoms with E-state index in [0.29, 0.717) is 0 Å². The highest BCUT2D eigenvalue weighted by atomic mass is 16.3. The summed E-state index contributed by atoms with van der Waals surface area (Å²) in [5.74, 6) is 0. The minimum absolute atomic E-state index is 0.866. The van der Waals surface area contributed by atoms with Crippen molar-refractivity contribution in [2.24, 2.45) is 0 Å². The maximum absolute atomic E-state index is 6.71. The average Bonchev–Trinajstić information content (AvgIpc) is 0.739. The normalized spacial score (nSPS) is 11.9. The zero-order valence-corrected chi connectivity index (χ0v) is 53.3. The van der Waals surface area contributed by atoms with E-state index in [9.17, 15) is 0 Å². The van der Waals surface area contributed by atoms with Gasteiger partial charge in [0, 0.05) is 21.5 Å². The second kappa shape index (κ2) is 22.4. The highest BCUT2D eigenvalue weighted by molar-refractivity contribution is 6.27. The lowest BCUT2D eigenvalue weighted by Crippen LogP contribution is -1.94. The molecule has 2 heteroatoms. The van der Waals surface area contributed by atoms with Crippen molar-refractivity contribution in [1.82, 2.24) is 0 Å². The fourth-order valence-corrected chi connectivity index (χ4v) is 16.1. The molecule has 0 aliphatic carbocycles. The van der Waals surface area contributed by atoms with Crippen LogP contribution in [0.15, 0.2) is 361 Å². The van der Waals surface area contributed by atoms with Crippen LogP contribution in [0.3, 0.4) is 0 Å². The summed E-state index contributed by atoms with van der Waals surface area (Å²) >= 11 is 0. The molecule has 2 aromatic heterocycles. The van der Waals surface area contributed by atoms with Crippen LogP contribution in [0.2, 0.25) is 0 Å². The molecule has 2 nitrogen and oxygen atoms in total. The molecule has 0 bridgehead atoms. The lowest BCUT2D eigenvalue weighted by molar-refractivity contribution is 0.668. The predicted octanol–water partition coefficient (Wildman–Crippen LogP) is 27.4. The first kappa shape index (κ1) is 55.6. The van der Waals surface area contributed by atoms with Gasteiger partial charge < -0.3 is 8.83 Å². The van der Waals surface area contributed by atoms with Gasteiger partial charge in [-0.1, -0.05) is 285 Å². The maximum Gasteiger partial charge on any atom is 0.136 e. The van der Waals surface area contributed by atoms with E-state index in [4.69, 9.17) is 8.83 Å². The SMILES string of the molecule is c1ccc(-c2cccc(-c3ccc4c(-c5c6ccccc6c(-c6ccc7c(c6)oc6ccccc67)c6cc(-c7ccc8c(-c9cccc%10c(-c%11cccc(-c%12ccccc%12)c%11)cccc9%10)c9ccccc9c(-c9ccc%10c(c9)oc9ccccc9%10)c8c7)ccc56)cccc4c3)c2)cc1. The highest BCUT2D eigenvalue weighted by Crippen LogP contribution is 2.51. The molecule has 0 aliphatic heterocycles. The largest absolute Gasteiger partial charge is 0.456 e. The molecule has 0 saturated heterocycles. The molecule has 0 unspecified atom stereocenters. The van der Waals surface area contributed by atoms with Gasteiger partial charge in [-0.25, -0.2) is 0 Å². The van der Waals surface area contributed by atoms with E-state index in [1.165, 1.54) is 132 Å². The summed E-state index contributed by atoms with van der Waals surface area (Å²) in [4.78, 5) is 0. The van der Waals surface area contributed by atoms with Crippen LogP contribution in [0.25, 0.3) is 209 Å². The van der Waals surface area contributed by atoms with Gasteiger partial charge in [-0.3, -0.25) is 0 Å². The predicted molar refractivity (Wildman–Crippen MR) is 415 cm³/mol. The summed E-state index contributed by atoms with van der Waals surface area (Å²) in [6.45, 7) is 0. The van der Waals surface area contributed by atoms with E-state index in [1.54, 1.807) is 0 Å². The summed E-state index contributed by atoms with van der Waals surface area (Å²) in [6, 6.07) is 130. The number of rotatable bonds is 9. The van der Waals surface area contributed by atoms with Crippen molar-refractivity contribution >= 4 is 109 Å². The number of hydrogen-bond acceptors (Lipinski definition) is 2. The first-order valence-corrected chi connectivity index (χ1v) is 33.8. The van der Waals surface area contributed by atoms with E-state index in [0.717, 1.165) is 76.9 Å². The molecule has 2 heterocycles. The Morgan fingerprint density at radius 3 is 0.980 bits per heavy atom. The van der Waals surface area contributed by atoms with Crippen molar-refractivity contribution in [2.75, 3.05) is 0 Å². The summed E-state index contributed by atoms with van der Waals surface area (Å²) in [5, 5.41) is 18.6. The van der Waals surface area contributed by atoms with Crippen molar-refractivity contribution in [2.45, 2.75) is 0 Å². The maximum atomic E-state index is 6.71. The second-order valence-corrected chi connectivity index (χ2v) is 26.1. The monoisotopic (exact) mass is 1240 g/mol. The molecule has 98 heavy (non-hydrogen) atoms. The van der Waals surface area contributed by atoms with Gasteiger partial charge in [-0.15, -0.1) is 0 Å². The second-order valence-electron chi connectivity index (χ2n) is 26.1. The molecule has 20 aromatic rings. The van der Waals surface area contributed by atoms with Gasteiger partial charge in [0.2, 0.25) is 0 Å². The van der Waals surface area contributed by atoms with Gasteiger partial charge in [-0.05, 0) is 232 Å². The van der Waals surface area contributed by atoms with Gasteiger partial charge in [0.15, 0.2) is 0 Å². The molecule has 0 aliphatic rings. The van der Waals surface area contributed by atoms with E-state index in [2.05, 4.69) is 352 Å². The molecule has 0 radical (unpaired) electrons. The van der Waals surface area contributed by atoms with Crippen molar-refractivity contribution in [3.05, 3.63) is 352 Å². The fraction of sp³-hybridized carbons (Fsp3) is 0. The smallest absolute Gasteiger partial charge is 0.136 e. The quantitative estimate of drug-likeness (QED) is 0.135. The molecule has 0 atom stereocenters. The summed E-state index contributed by atoms with van der Waals surface area (Å²) in [6.07, 6.45) is 0.